The molecule has 4 aromatic carbocycles. The van der Waals surface area contributed by atoms with Gasteiger partial charge in [-0.1, -0.05) is 66.2 Å². The van der Waals surface area contributed by atoms with E-state index in [0.29, 0.717) is 6.54 Å². The summed E-state index contributed by atoms with van der Waals surface area (Å²) in [6, 6.07) is 33.3. The van der Waals surface area contributed by atoms with Crippen molar-refractivity contribution in [2.24, 2.45) is 4.99 Å². The summed E-state index contributed by atoms with van der Waals surface area (Å²) in [4.78, 5) is 25.4. The van der Waals surface area contributed by atoms with Crippen LogP contribution in [0.4, 0.5) is 11.4 Å². The summed E-state index contributed by atoms with van der Waals surface area (Å²) < 4.78 is 1.96. The molecular weight excluding hydrogens is 518 g/mol. The second kappa shape index (κ2) is 10.5. The summed E-state index contributed by atoms with van der Waals surface area (Å²) in [7, 11) is 0. The second-order valence-corrected chi connectivity index (χ2v) is 11.1. The van der Waals surface area contributed by atoms with Gasteiger partial charge in [0.15, 0.2) is 0 Å². The fourth-order valence-electron chi connectivity index (χ4n) is 6.04. The average Bonchev–Trinajstić information content (AvgIpc) is 3.33. The van der Waals surface area contributed by atoms with E-state index >= 15 is 0 Å². The van der Waals surface area contributed by atoms with Gasteiger partial charge in [0.25, 0.3) is 0 Å². The van der Waals surface area contributed by atoms with Crippen molar-refractivity contribution in [3.8, 4) is 0 Å². The van der Waals surface area contributed by atoms with Crippen LogP contribution in [0.3, 0.4) is 0 Å². The molecule has 0 spiro atoms. The Morgan fingerprint density at radius 2 is 1.62 bits per heavy atom. The van der Waals surface area contributed by atoms with Crippen LogP contribution in [0.5, 0.6) is 0 Å². The van der Waals surface area contributed by atoms with Gasteiger partial charge < -0.3 is 9.88 Å². The van der Waals surface area contributed by atoms with Crippen LogP contribution in [-0.2, 0) is 13.1 Å². The minimum Gasteiger partial charge on any atom is -0.321 e. The molecule has 40 heavy (non-hydrogen) atoms. The summed E-state index contributed by atoms with van der Waals surface area (Å²) >= 11 is 6.32. The summed E-state index contributed by atoms with van der Waals surface area (Å²) in [5.41, 5.74) is 7.47. The minimum absolute atomic E-state index is 0.00347. The van der Waals surface area contributed by atoms with Gasteiger partial charge >= 0.3 is 5.69 Å². The molecule has 1 aromatic heterocycles. The van der Waals surface area contributed by atoms with Gasteiger partial charge in [-0.05, 0) is 66.4 Å². The van der Waals surface area contributed by atoms with Crippen LogP contribution in [0.25, 0.3) is 11.0 Å². The van der Waals surface area contributed by atoms with Gasteiger partial charge in [0.2, 0.25) is 0 Å². The van der Waals surface area contributed by atoms with Gasteiger partial charge in [-0.15, -0.1) is 0 Å². The van der Waals surface area contributed by atoms with Crippen LogP contribution in [0.15, 0.2) is 107 Å². The molecule has 0 radical (unpaired) electrons. The van der Waals surface area contributed by atoms with Crippen molar-refractivity contribution in [1.82, 2.24) is 14.5 Å². The number of likely N-dealkylation sites (tertiary alicyclic amines) is 1. The van der Waals surface area contributed by atoms with Crippen molar-refractivity contribution in [3.05, 3.63) is 129 Å². The number of aliphatic imine (C=N–C) groups is 1. The van der Waals surface area contributed by atoms with Crippen LogP contribution in [0.2, 0.25) is 5.02 Å². The fraction of sp³-hybridized carbons (Fsp3) is 0.212. The molecule has 6 nitrogen and oxygen atoms in total. The third kappa shape index (κ3) is 4.74. The number of para-hydroxylation sites is 2. The first kappa shape index (κ1) is 24.9. The summed E-state index contributed by atoms with van der Waals surface area (Å²) in [6.07, 6.45) is 1.93. The monoisotopic (exact) mass is 547 g/mol. The van der Waals surface area contributed by atoms with E-state index in [4.69, 9.17) is 16.6 Å². The molecule has 3 heterocycles. The first-order valence-electron chi connectivity index (χ1n) is 13.8. The predicted molar refractivity (Wildman–Crippen MR) is 163 cm³/mol. The number of hydrogen-bond acceptors (Lipinski definition) is 4. The number of rotatable bonds is 5. The van der Waals surface area contributed by atoms with Gasteiger partial charge in [-0.25, -0.2) is 9.79 Å². The van der Waals surface area contributed by atoms with E-state index in [-0.39, 0.29) is 11.7 Å². The number of nitrogens with one attached hydrogen (secondary N) is 1. The molecule has 0 saturated carbocycles. The smallest absolute Gasteiger partial charge is 0.321 e. The van der Waals surface area contributed by atoms with Crippen LogP contribution in [0, 0.1) is 0 Å². The van der Waals surface area contributed by atoms with Crippen LogP contribution >= 0.6 is 11.6 Å². The number of benzene rings is 4. The van der Waals surface area contributed by atoms with Gasteiger partial charge in [-0.3, -0.25) is 9.47 Å². The molecular formula is C33H30ClN5O. The molecule has 1 N–H and O–H groups in total. The standard InChI is InChI=1S/C33H30ClN5O/c34-26-12-15-29-25(20-26)22-38(32(35-29)24-6-2-1-3-7-24)27-13-10-23(11-14-27)21-37-18-16-28(17-19-37)39-31-9-5-4-8-30(31)36-33(39)40/h1-15,20,28H,16-19,21-22H2,(H,36,40). The van der Waals surface area contributed by atoms with E-state index in [1.54, 1.807) is 0 Å². The Balaban J connectivity index is 1.07. The van der Waals surface area contributed by atoms with E-state index in [9.17, 15) is 4.79 Å². The Morgan fingerprint density at radius 1 is 0.875 bits per heavy atom. The lowest BCUT2D eigenvalue weighted by Gasteiger charge is -2.33. The van der Waals surface area contributed by atoms with Gasteiger partial charge in [0.05, 0.1) is 23.3 Å². The number of H-pyrrole nitrogens is 1. The maximum Gasteiger partial charge on any atom is 0.326 e. The molecule has 7 rings (SSSR count). The van der Waals surface area contributed by atoms with E-state index in [0.717, 1.165) is 76.9 Å². The van der Waals surface area contributed by atoms with Crippen LogP contribution < -0.4 is 10.6 Å². The van der Waals surface area contributed by atoms with Crippen molar-refractivity contribution in [1.29, 1.82) is 0 Å². The maximum absolute atomic E-state index is 12.6. The topological polar surface area (TPSA) is 56.6 Å². The highest BCUT2D eigenvalue weighted by atomic mass is 35.5. The number of nitrogens with zero attached hydrogens (tertiary/aromatic N) is 4. The average molecular weight is 548 g/mol. The number of amidine groups is 1. The molecule has 0 bridgehead atoms. The Hall–Kier alpha value is -4.13. The largest absolute Gasteiger partial charge is 0.326 e. The first-order chi connectivity index (χ1) is 19.6. The number of halogens is 1. The fourth-order valence-corrected chi connectivity index (χ4v) is 6.24. The predicted octanol–water partition coefficient (Wildman–Crippen LogP) is 6.92. The molecule has 5 aromatic rings. The van der Waals surface area contributed by atoms with Gasteiger partial charge in [-0.2, -0.15) is 0 Å². The Kier molecular flexibility index (Phi) is 6.50. The molecule has 7 heteroatoms. The van der Waals surface area contributed by atoms with E-state index in [1.165, 1.54) is 5.56 Å². The van der Waals surface area contributed by atoms with E-state index in [1.807, 2.05) is 53.1 Å². The van der Waals surface area contributed by atoms with Crippen LogP contribution in [0.1, 0.15) is 35.6 Å². The molecule has 200 valence electrons. The summed E-state index contributed by atoms with van der Waals surface area (Å²) in [5.74, 6) is 0.942. The lowest BCUT2D eigenvalue weighted by atomic mass is 10.0. The maximum atomic E-state index is 12.6. The van der Waals surface area contributed by atoms with E-state index in [2.05, 4.69) is 63.3 Å². The molecule has 0 unspecified atom stereocenters. The molecule has 1 fully saturated rings. The molecule has 0 atom stereocenters. The van der Waals surface area contributed by atoms with Crippen molar-refractivity contribution in [2.45, 2.75) is 32.0 Å². The number of imidazole rings is 1. The van der Waals surface area contributed by atoms with Crippen LogP contribution in [-0.4, -0.2) is 33.4 Å². The molecule has 2 aliphatic rings. The van der Waals surface area contributed by atoms with E-state index < -0.39 is 0 Å². The third-order valence-electron chi connectivity index (χ3n) is 8.08. The quantitative estimate of drug-likeness (QED) is 0.260. The number of anilines is 1. The second-order valence-electron chi connectivity index (χ2n) is 10.7. The highest BCUT2D eigenvalue weighted by molar-refractivity contribution is 6.30. The third-order valence-corrected chi connectivity index (χ3v) is 8.32. The van der Waals surface area contributed by atoms with Crippen molar-refractivity contribution in [3.63, 3.8) is 0 Å². The summed E-state index contributed by atoms with van der Waals surface area (Å²) in [6.45, 7) is 3.54. The first-order valence-corrected chi connectivity index (χ1v) is 14.2. The van der Waals surface area contributed by atoms with Gasteiger partial charge in [0.1, 0.15) is 5.84 Å². The number of aromatic amines is 1. The normalized spacial score (nSPS) is 16.2. The zero-order valence-electron chi connectivity index (χ0n) is 22.1. The Labute approximate surface area is 238 Å². The summed E-state index contributed by atoms with van der Waals surface area (Å²) in [5, 5.41) is 0.728. The molecule has 2 aliphatic heterocycles. The van der Waals surface area contributed by atoms with Gasteiger partial charge in [0, 0.05) is 41.9 Å². The SMILES string of the molecule is O=c1[nH]c2ccccc2n1C1CCN(Cc2ccc(N3Cc4cc(Cl)ccc4N=C3c3ccccc3)cc2)CC1. The highest BCUT2D eigenvalue weighted by Gasteiger charge is 2.25. The van der Waals surface area contributed by atoms with Crippen molar-refractivity contribution >= 4 is 39.8 Å². The number of piperidine rings is 1. The number of hydrogen-bond donors (Lipinski definition) is 1. The van der Waals surface area contributed by atoms with Crippen molar-refractivity contribution in [2.75, 3.05) is 18.0 Å². The Morgan fingerprint density at radius 3 is 2.42 bits per heavy atom. The number of aromatic nitrogens is 2. The van der Waals surface area contributed by atoms with Crippen molar-refractivity contribution < 1.29 is 0 Å². The highest BCUT2D eigenvalue weighted by Crippen LogP contribution is 2.34. The minimum atomic E-state index is -0.00347. The lowest BCUT2D eigenvalue weighted by Crippen LogP contribution is -2.36. The Bertz CT molecular complexity index is 1750. The molecule has 0 amide bonds. The number of fused-ring (bicyclic) bond motifs is 2. The molecule has 0 aliphatic carbocycles. The zero-order chi connectivity index (χ0) is 27.1. The lowest BCUT2D eigenvalue weighted by molar-refractivity contribution is 0.180. The molecule has 1 saturated heterocycles. The zero-order valence-corrected chi connectivity index (χ0v) is 22.9.